The molecule has 0 bridgehead atoms. The minimum absolute atomic E-state index is 0.148. The highest BCUT2D eigenvalue weighted by Gasteiger charge is 2.12. The molecule has 14 heavy (non-hydrogen) atoms. The lowest BCUT2D eigenvalue weighted by molar-refractivity contribution is 0.571. The fourth-order valence-corrected chi connectivity index (χ4v) is 1.28. The summed E-state index contributed by atoms with van der Waals surface area (Å²) in [4.78, 5) is 0. The standard InChI is InChI=1S/C13H17F/c1-10(9-14)11-5-7-12(8-6-11)13(2,3)4/h5-8H,1,9H2,2-4H3. The molecular weight excluding hydrogens is 175 g/mol. The first-order valence-corrected chi connectivity index (χ1v) is 4.80. The minimum atomic E-state index is -0.477. The molecule has 0 radical (unpaired) electrons. The number of halogens is 1. The third-order valence-electron chi connectivity index (χ3n) is 2.32. The summed E-state index contributed by atoms with van der Waals surface area (Å²) in [6.07, 6.45) is 0. The Bertz CT molecular complexity index is 314. The molecule has 0 saturated carbocycles. The number of hydrogen-bond acceptors (Lipinski definition) is 0. The van der Waals surface area contributed by atoms with Gasteiger partial charge in [0, 0.05) is 0 Å². The molecule has 0 aliphatic rings. The quantitative estimate of drug-likeness (QED) is 0.665. The molecule has 1 aromatic carbocycles. The molecule has 0 fully saturated rings. The van der Waals surface area contributed by atoms with E-state index < -0.39 is 6.67 Å². The molecule has 0 atom stereocenters. The molecule has 0 amide bonds. The molecule has 0 aromatic heterocycles. The zero-order valence-corrected chi connectivity index (χ0v) is 9.10. The Balaban J connectivity index is 2.95. The van der Waals surface area contributed by atoms with Gasteiger partial charge in [0.2, 0.25) is 0 Å². The van der Waals surface area contributed by atoms with Crippen molar-refractivity contribution < 1.29 is 4.39 Å². The molecule has 0 heterocycles. The third-order valence-corrected chi connectivity index (χ3v) is 2.32. The van der Waals surface area contributed by atoms with Crippen LogP contribution in [0.15, 0.2) is 30.8 Å². The van der Waals surface area contributed by atoms with Gasteiger partial charge in [-0.1, -0.05) is 51.6 Å². The van der Waals surface area contributed by atoms with Gasteiger partial charge in [-0.25, -0.2) is 4.39 Å². The summed E-state index contributed by atoms with van der Waals surface area (Å²) in [6, 6.07) is 7.94. The Morgan fingerprint density at radius 3 is 2.07 bits per heavy atom. The first-order valence-electron chi connectivity index (χ1n) is 4.80. The van der Waals surface area contributed by atoms with Gasteiger partial charge < -0.3 is 0 Å². The van der Waals surface area contributed by atoms with Gasteiger partial charge in [-0.3, -0.25) is 0 Å². The number of rotatable bonds is 2. The van der Waals surface area contributed by atoms with Crippen molar-refractivity contribution in [1.29, 1.82) is 0 Å². The summed E-state index contributed by atoms with van der Waals surface area (Å²) < 4.78 is 12.3. The van der Waals surface area contributed by atoms with Crippen LogP contribution in [0.1, 0.15) is 31.9 Å². The van der Waals surface area contributed by atoms with Gasteiger partial charge in [0.25, 0.3) is 0 Å². The average molecular weight is 192 g/mol. The average Bonchev–Trinajstić information content (AvgIpc) is 2.15. The predicted molar refractivity (Wildman–Crippen MR) is 60.2 cm³/mol. The second kappa shape index (κ2) is 3.95. The van der Waals surface area contributed by atoms with Crippen LogP contribution in [0.25, 0.3) is 5.57 Å². The summed E-state index contributed by atoms with van der Waals surface area (Å²) >= 11 is 0. The molecule has 0 nitrogen and oxygen atoms in total. The Labute approximate surface area is 85.5 Å². The van der Waals surface area contributed by atoms with E-state index in [0.29, 0.717) is 5.57 Å². The van der Waals surface area contributed by atoms with Crippen molar-refractivity contribution >= 4 is 5.57 Å². The van der Waals surface area contributed by atoms with Crippen LogP contribution in [-0.2, 0) is 5.41 Å². The molecule has 0 unspecified atom stereocenters. The first-order chi connectivity index (χ1) is 6.45. The molecule has 0 aliphatic heterocycles. The maximum absolute atomic E-state index is 12.3. The third kappa shape index (κ3) is 2.44. The highest BCUT2D eigenvalue weighted by atomic mass is 19.1. The van der Waals surface area contributed by atoms with Gasteiger partial charge in [-0.2, -0.15) is 0 Å². The van der Waals surface area contributed by atoms with Gasteiger partial charge >= 0.3 is 0 Å². The van der Waals surface area contributed by atoms with E-state index >= 15 is 0 Å². The van der Waals surface area contributed by atoms with Crippen molar-refractivity contribution in [2.24, 2.45) is 0 Å². The SMILES string of the molecule is C=C(CF)c1ccc(C(C)(C)C)cc1. The predicted octanol–water partition coefficient (Wildman–Crippen LogP) is 3.97. The molecular formula is C13H17F. The van der Waals surface area contributed by atoms with Crippen LogP contribution in [0.2, 0.25) is 0 Å². The number of allylic oxidation sites excluding steroid dienone is 1. The van der Waals surface area contributed by atoms with Crippen LogP contribution < -0.4 is 0 Å². The second-order valence-corrected chi connectivity index (χ2v) is 4.56. The topological polar surface area (TPSA) is 0 Å². The zero-order valence-electron chi connectivity index (χ0n) is 9.10. The molecule has 1 aromatic rings. The monoisotopic (exact) mass is 192 g/mol. The molecule has 0 aliphatic carbocycles. The molecule has 0 N–H and O–H groups in total. The van der Waals surface area contributed by atoms with Crippen LogP contribution in [0.5, 0.6) is 0 Å². The van der Waals surface area contributed by atoms with Crippen LogP contribution in [0.4, 0.5) is 4.39 Å². The van der Waals surface area contributed by atoms with Crippen molar-refractivity contribution in [2.45, 2.75) is 26.2 Å². The summed E-state index contributed by atoms with van der Waals surface area (Å²) in [6.45, 7) is 9.66. The van der Waals surface area contributed by atoms with Gasteiger partial charge in [-0.15, -0.1) is 0 Å². The van der Waals surface area contributed by atoms with Crippen molar-refractivity contribution in [2.75, 3.05) is 6.67 Å². The van der Waals surface area contributed by atoms with E-state index in [2.05, 4.69) is 27.4 Å². The van der Waals surface area contributed by atoms with E-state index in [9.17, 15) is 4.39 Å². The van der Waals surface area contributed by atoms with Crippen LogP contribution in [0.3, 0.4) is 0 Å². The van der Waals surface area contributed by atoms with E-state index in [4.69, 9.17) is 0 Å². The summed E-state index contributed by atoms with van der Waals surface area (Å²) in [5.74, 6) is 0. The zero-order chi connectivity index (χ0) is 10.8. The largest absolute Gasteiger partial charge is 0.246 e. The smallest absolute Gasteiger partial charge is 0.115 e. The van der Waals surface area contributed by atoms with E-state index in [-0.39, 0.29) is 5.41 Å². The Morgan fingerprint density at radius 1 is 1.21 bits per heavy atom. The summed E-state index contributed by atoms with van der Waals surface area (Å²) in [5, 5.41) is 0. The second-order valence-electron chi connectivity index (χ2n) is 4.56. The minimum Gasteiger partial charge on any atom is -0.246 e. The van der Waals surface area contributed by atoms with Crippen LogP contribution in [-0.4, -0.2) is 6.67 Å². The highest BCUT2D eigenvalue weighted by Crippen LogP contribution is 2.23. The fourth-order valence-electron chi connectivity index (χ4n) is 1.28. The molecule has 76 valence electrons. The lowest BCUT2D eigenvalue weighted by Crippen LogP contribution is -2.10. The van der Waals surface area contributed by atoms with Gasteiger partial charge in [-0.05, 0) is 22.1 Å². The van der Waals surface area contributed by atoms with Crippen LogP contribution >= 0.6 is 0 Å². The Morgan fingerprint density at radius 2 is 1.71 bits per heavy atom. The first kappa shape index (κ1) is 11.0. The number of alkyl halides is 1. The summed E-state index contributed by atoms with van der Waals surface area (Å²) in [7, 11) is 0. The number of hydrogen-bond donors (Lipinski definition) is 0. The maximum atomic E-state index is 12.3. The van der Waals surface area contributed by atoms with E-state index in [1.165, 1.54) is 5.56 Å². The Hall–Kier alpha value is -1.11. The van der Waals surface area contributed by atoms with Crippen molar-refractivity contribution in [3.63, 3.8) is 0 Å². The molecule has 1 heteroatoms. The Kier molecular flexibility index (Phi) is 3.10. The van der Waals surface area contributed by atoms with Crippen molar-refractivity contribution in [3.05, 3.63) is 42.0 Å². The molecule has 0 spiro atoms. The lowest BCUT2D eigenvalue weighted by atomic mass is 9.86. The van der Waals surface area contributed by atoms with Crippen molar-refractivity contribution in [1.82, 2.24) is 0 Å². The van der Waals surface area contributed by atoms with Crippen LogP contribution in [0, 0.1) is 0 Å². The molecule has 1 rings (SSSR count). The summed E-state index contributed by atoms with van der Waals surface area (Å²) in [5.41, 5.74) is 2.84. The van der Waals surface area contributed by atoms with Gasteiger partial charge in [0.05, 0.1) is 0 Å². The van der Waals surface area contributed by atoms with Crippen molar-refractivity contribution in [3.8, 4) is 0 Å². The van der Waals surface area contributed by atoms with Gasteiger partial charge in [0.15, 0.2) is 0 Å². The normalized spacial score (nSPS) is 11.4. The van der Waals surface area contributed by atoms with E-state index in [1.807, 2.05) is 24.3 Å². The van der Waals surface area contributed by atoms with E-state index in [0.717, 1.165) is 5.56 Å². The number of benzene rings is 1. The molecule has 0 saturated heterocycles. The fraction of sp³-hybridized carbons (Fsp3) is 0.385. The lowest BCUT2D eigenvalue weighted by Gasteiger charge is -2.19. The van der Waals surface area contributed by atoms with E-state index in [1.54, 1.807) is 0 Å². The highest BCUT2D eigenvalue weighted by molar-refractivity contribution is 5.64. The maximum Gasteiger partial charge on any atom is 0.115 e. The van der Waals surface area contributed by atoms with Gasteiger partial charge in [0.1, 0.15) is 6.67 Å².